The van der Waals surface area contributed by atoms with E-state index in [1.807, 2.05) is 37.7 Å². The monoisotopic (exact) mass is 453 g/mol. The Bertz CT molecular complexity index is 1030. The lowest BCUT2D eigenvalue weighted by Crippen LogP contribution is -2.13. The summed E-state index contributed by atoms with van der Waals surface area (Å²) in [5.74, 6) is 0.966. The zero-order chi connectivity index (χ0) is 21.3. The SMILES string of the molecule is CCC(CC)c1ccc(Cl)c2nc(Oc3c(Cl)cc(Cl)cc3C(C)NC)n(C)c12. The second-order valence-electron chi connectivity index (χ2n) is 7.22. The second-order valence-corrected chi connectivity index (χ2v) is 8.47. The van der Waals surface area contributed by atoms with Gasteiger partial charge in [0.15, 0.2) is 5.75 Å². The minimum Gasteiger partial charge on any atom is -0.424 e. The number of fused-ring (bicyclic) bond motifs is 1. The number of hydrogen-bond acceptors (Lipinski definition) is 3. The largest absolute Gasteiger partial charge is 0.424 e. The van der Waals surface area contributed by atoms with Crippen molar-refractivity contribution >= 4 is 45.8 Å². The van der Waals surface area contributed by atoms with Crippen LogP contribution < -0.4 is 10.1 Å². The highest BCUT2D eigenvalue weighted by molar-refractivity contribution is 6.36. The summed E-state index contributed by atoms with van der Waals surface area (Å²) < 4.78 is 8.21. The number of rotatable bonds is 7. The number of nitrogens with one attached hydrogen (secondary N) is 1. The number of nitrogens with zero attached hydrogens (tertiary/aromatic N) is 2. The number of aromatic nitrogens is 2. The van der Waals surface area contributed by atoms with Crippen molar-refractivity contribution in [2.24, 2.45) is 7.05 Å². The minimum atomic E-state index is -0.000374. The molecule has 29 heavy (non-hydrogen) atoms. The number of halogens is 3. The van der Waals surface area contributed by atoms with Gasteiger partial charge in [0.05, 0.1) is 15.6 Å². The molecule has 4 nitrogen and oxygen atoms in total. The fourth-order valence-corrected chi connectivity index (χ4v) is 4.44. The van der Waals surface area contributed by atoms with Crippen LogP contribution in [0, 0.1) is 0 Å². The van der Waals surface area contributed by atoms with Gasteiger partial charge in [0, 0.05) is 23.7 Å². The zero-order valence-corrected chi connectivity index (χ0v) is 19.6. The van der Waals surface area contributed by atoms with Gasteiger partial charge in [-0.05, 0) is 56.5 Å². The van der Waals surface area contributed by atoms with Gasteiger partial charge in [-0.25, -0.2) is 0 Å². The van der Waals surface area contributed by atoms with Crippen molar-refractivity contribution in [3.05, 3.63) is 50.5 Å². The van der Waals surface area contributed by atoms with Gasteiger partial charge >= 0.3 is 6.01 Å². The molecule has 0 saturated heterocycles. The predicted molar refractivity (Wildman–Crippen MR) is 123 cm³/mol. The molecule has 0 saturated carbocycles. The van der Waals surface area contributed by atoms with E-state index >= 15 is 0 Å². The van der Waals surface area contributed by atoms with Crippen molar-refractivity contribution in [3.8, 4) is 11.8 Å². The van der Waals surface area contributed by atoms with Gasteiger partial charge in [0.2, 0.25) is 0 Å². The molecule has 2 aromatic carbocycles. The number of benzene rings is 2. The lowest BCUT2D eigenvalue weighted by Gasteiger charge is -2.18. The van der Waals surface area contributed by atoms with Crippen molar-refractivity contribution in [1.29, 1.82) is 0 Å². The van der Waals surface area contributed by atoms with Crippen LogP contribution in [0.5, 0.6) is 11.8 Å². The molecule has 156 valence electrons. The van der Waals surface area contributed by atoms with Crippen LogP contribution in [-0.4, -0.2) is 16.6 Å². The Morgan fingerprint density at radius 3 is 2.38 bits per heavy atom. The maximum absolute atomic E-state index is 6.49. The molecule has 0 amide bonds. The highest BCUT2D eigenvalue weighted by Gasteiger charge is 2.22. The van der Waals surface area contributed by atoms with Gasteiger partial charge in [-0.15, -0.1) is 0 Å². The van der Waals surface area contributed by atoms with Crippen molar-refractivity contribution in [1.82, 2.24) is 14.9 Å². The van der Waals surface area contributed by atoms with Crippen molar-refractivity contribution in [3.63, 3.8) is 0 Å². The molecule has 1 heterocycles. The van der Waals surface area contributed by atoms with E-state index in [1.165, 1.54) is 5.56 Å². The molecule has 7 heteroatoms. The molecule has 0 aliphatic rings. The van der Waals surface area contributed by atoms with Crippen molar-refractivity contribution < 1.29 is 4.74 Å². The number of aryl methyl sites for hydroxylation is 1. The summed E-state index contributed by atoms with van der Waals surface area (Å²) >= 11 is 19.2. The first-order valence-electron chi connectivity index (χ1n) is 9.81. The van der Waals surface area contributed by atoms with E-state index in [0.717, 1.165) is 29.4 Å². The Hall–Kier alpha value is -1.46. The normalized spacial score (nSPS) is 12.7. The third kappa shape index (κ3) is 4.22. The summed E-state index contributed by atoms with van der Waals surface area (Å²) in [5, 5.41) is 4.81. The van der Waals surface area contributed by atoms with Gasteiger partial charge in [0.1, 0.15) is 5.52 Å². The Morgan fingerprint density at radius 2 is 1.76 bits per heavy atom. The topological polar surface area (TPSA) is 39.1 Å². The fourth-order valence-electron chi connectivity index (χ4n) is 3.70. The molecule has 0 fully saturated rings. The van der Waals surface area contributed by atoms with Crippen LogP contribution in [0.25, 0.3) is 11.0 Å². The lowest BCUT2D eigenvalue weighted by atomic mass is 9.93. The van der Waals surface area contributed by atoms with Crippen molar-refractivity contribution in [2.45, 2.75) is 45.6 Å². The molecular formula is C22H26Cl3N3O. The lowest BCUT2D eigenvalue weighted by molar-refractivity contribution is 0.417. The van der Waals surface area contributed by atoms with Gasteiger partial charge in [-0.2, -0.15) is 4.98 Å². The molecule has 0 spiro atoms. The molecule has 3 rings (SSSR count). The molecule has 0 radical (unpaired) electrons. The van der Waals surface area contributed by atoms with E-state index in [1.54, 1.807) is 6.07 Å². The Morgan fingerprint density at radius 1 is 1.07 bits per heavy atom. The van der Waals surface area contributed by atoms with Crippen LogP contribution in [0.2, 0.25) is 15.1 Å². The number of ether oxygens (including phenoxy) is 1. The summed E-state index contributed by atoms with van der Waals surface area (Å²) in [6.07, 6.45) is 2.09. The van der Waals surface area contributed by atoms with Crippen LogP contribution >= 0.6 is 34.8 Å². The average Bonchev–Trinajstić information content (AvgIpc) is 3.03. The maximum Gasteiger partial charge on any atom is 0.302 e. The predicted octanol–water partition coefficient (Wildman–Crippen LogP) is 7.51. The smallest absolute Gasteiger partial charge is 0.302 e. The van der Waals surface area contributed by atoms with Gasteiger partial charge < -0.3 is 10.1 Å². The Labute approximate surface area is 187 Å². The minimum absolute atomic E-state index is 0.000374. The van der Waals surface area contributed by atoms with E-state index in [4.69, 9.17) is 44.5 Å². The van der Waals surface area contributed by atoms with Crippen LogP contribution in [0.1, 0.15) is 56.7 Å². The van der Waals surface area contributed by atoms with E-state index < -0.39 is 0 Å². The van der Waals surface area contributed by atoms with E-state index in [9.17, 15) is 0 Å². The average molecular weight is 455 g/mol. The molecule has 0 aliphatic heterocycles. The molecule has 0 bridgehead atoms. The van der Waals surface area contributed by atoms with Crippen molar-refractivity contribution in [2.75, 3.05) is 7.05 Å². The summed E-state index contributed by atoms with van der Waals surface area (Å²) in [6.45, 7) is 6.41. The van der Waals surface area contributed by atoms with Crippen LogP contribution in [0.15, 0.2) is 24.3 Å². The first-order chi connectivity index (χ1) is 13.8. The van der Waals surface area contributed by atoms with E-state index in [2.05, 4.69) is 25.2 Å². The number of hydrogen-bond donors (Lipinski definition) is 1. The third-order valence-electron chi connectivity index (χ3n) is 5.52. The van der Waals surface area contributed by atoms with E-state index in [0.29, 0.717) is 32.7 Å². The van der Waals surface area contributed by atoms with Crippen LogP contribution in [-0.2, 0) is 7.05 Å². The Balaban J connectivity index is 2.17. The van der Waals surface area contributed by atoms with Crippen LogP contribution in [0.3, 0.4) is 0 Å². The third-order valence-corrected chi connectivity index (χ3v) is 6.32. The summed E-state index contributed by atoms with van der Waals surface area (Å²) in [6, 6.07) is 7.98. The number of imidazole rings is 1. The van der Waals surface area contributed by atoms with E-state index in [-0.39, 0.29) is 6.04 Å². The standard InChI is InChI=1S/C22H26Cl3N3O/c1-6-13(7-2)15-8-9-17(24)19-20(15)28(5)22(27-19)29-21-16(12(3)26-4)10-14(23)11-18(21)25/h8-13,26H,6-7H2,1-5H3. The zero-order valence-electron chi connectivity index (χ0n) is 17.3. The highest BCUT2D eigenvalue weighted by Crippen LogP contribution is 2.41. The molecule has 0 aliphatic carbocycles. The molecule has 1 unspecified atom stereocenters. The van der Waals surface area contributed by atoms with Gasteiger partial charge in [-0.3, -0.25) is 4.57 Å². The molecule has 1 aromatic heterocycles. The summed E-state index contributed by atoms with van der Waals surface area (Å²) in [5.41, 5.74) is 3.82. The summed E-state index contributed by atoms with van der Waals surface area (Å²) in [7, 11) is 3.82. The first kappa shape index (κ1) is 22.2. The molecular weight excluding hydrogens is 429 g/mol. The second kappa shape index (κ2) is 9.13. The molecule has 3 aromatic rings. The Kier molecular flexibility index (Phi) is 7.00. The molecule has 1 atom stereocenters. The highest BCUT2D eigenvalue weighted by atomic mass is 35.5. The quantitative estimate of drug-likeness (QED) is 0.401. The van der Waals surface area contributed by atoms with Gasteiger partial charge in [0.25, 0.3) is 0 Å². The fraction of sp³-hybridized carbons (Fsp3) is 0.409. The maximum atomic E-state index is 6.49. The first-order valence-corrected chi connectivity index (χ1v) is 10.9. The molecule has 1 N–H and O–H groups in total. The summed E-state index contributed by atoms with van der Waals surface area (Å²) in [4.78, 5) is 4.71. The van der Waals surface area contributed by atoms with Gasteiger partial charge in [-0.1, -0.05) is 54.7 Å². The van der Waals surface area contributed by atoms with Crippen LogP contribution in [0.4, 0.5) is 0 Å².